The van der Waals surface area contributed by atoms with Gasteiger partial charge in [0.05, 0.1) is 26.7 Å². The molecular weight excluding hydrogens is 208 g/mol. The highest BCUT2D eigenvalue weighted by Crippen LogP contribution is 1.99. The van der Waals surface area contributed by atoms with Gasteiger partial charge in [-0.25, -0.2) is 0 Å². The fourth-order valence-electron chi connectivity index (χ4n) is 1.51. The van der Waals surface area contributed by atoms with Crippen molar-refractivity contribution in [2.45, 2.75) is 40.0 Å². The van der Waals surface area contributed by atoms with Gasteiger partial charge < -0.3 is 22.2 Å². The largest absolute Gasteiger partial charge is 1.00 e. The van der Waals surface area contributed by atoms with Crippen molar-refractivity contribution in [2.75, 3.05) is 39.8 Å². The summed E-state index contributed by atoms with van der Waals surface area (Å²) in [6.07, 6.45) is 4.01. The highest BCUT2D eigenvalue weighted by Gasteiger charge is 2.14. The minimum Gasteiger partial charge on any atom is -1.00 e. The third kappa shape index (κ3) is 9.16. The Labute approximate surface area is 102 Å². The highest BCUT2D eigenvalue weighted by molar-refractivity contribution is 4.47. The van der Waals surface area contributed by atoms with Crippen molar-refractivity contribution in [2.24, 2.45) is 0 Å². The molecule has 0 aliphatic carbocycles. The summed E-state index contributed by atoms with van der Waals surface area (Å²) in [4.78, 5) is 0. The fourth-order valence-corrected chi connectivity index (χ4v) is 1.51. The van der Waals surface area contributed by atoms with Crippen LogP contribution in [0.5, 0.6) is 0 Å². The van der Waals surface area contributed by atoms with Gasteiger partial charge in [-0.2, -0.15) is 0 Å². The van der Waals surface area contributed by atoms with Crippen molar-refractivity contribution in [1.82, 2.24) is 5.32 Å². The van der Waals surface area contributed by atoms with E-state index in [1.165, 1.54) is 56.5 Å². The number of hydrogen-bond acceptors (Lipinski definition) is 1. The van der Waals surface area contributed by atoms with E-state index in [0.29, 0.717) is 0 Å². The second kappa shape index (κ2) is 10.7. The predicted molar refractivity (Wildman–Crippen MR) is 64.5 cm³/mol. The molecule has 0 spiro atoms. The number of nitrogens with zero attached hydrogens (tertiary/aromatic N) is 1. The van der Waals surface area contributed by atoms with Crippen LogP contribution in [0, 0.1) is 0 Å². The minimum absolute atomic E-state index is 0. The molecular formula is C12H29ClN2. The normalized spacial score (nSPS) is 11.2. The van der Waals surface area contributed by atoms with E-state index in [9.17, 15) is 0 Å². The minimum atomic E-state index is 0. The van der Waals surface area contributed by atoms with Gasteiger partial charge >= 0.3 is 0 Å². The Hall–Kier alpha value is 0.210. The van der Waals surface area contributed by atoms with E-state index in [1.807, 2.05) is 0 Å². The van der Waals surface area contributed by atoms with E-state index in [4.69, 9.17) is 0 Å². The van der Waals surface area contributed by atoms with Gasteiger partial charge in [-0.15, -0.1) is 0 Å². The summed E-state index contributed by atoms with van der Waals surface area (Å²) in [5.74, 6) is 0. The van der Waals surface area contributed by atoms with Crippen LogP contribution in [-0.4, -0.2) is 44.3 Å². The maximum Gasteiger partial charge on any atom is 0.0911 e. The first-order valence-corrected chi connectivity index (χ1v) is 6.22. The number of nitrogens with one attached hydrogen (secondary N) is 1. The van der Waals surface area contributed by atoms with Crippen molar-refractivity contribution in [3.05, 3.63) is 0 Å². The number of unbranched alkanes of at least 4 members (excludes halogenated alkanes) is 2. The van der Waals surface area contributed by atoms with Gasteiger partial charge in [0, 0.05) is 6.54 Å². The summed E-state index contributed by atoms with van der Waals surface area (Å²) in [7, 11) is 2.34. The monoisotopic (exact) mass is 236 g/mol. The Morgan fingerprint density at radius 1 is 0.933 bits per heavy atom. The Morgan fingerprint density at radius 3 is 2.00 bits per heavy atom. The van der Waals surface area contributed by atoms with Crippen molar-refractivity contribution in [1.29, 1.82) is 0 Å². The maximum atomic E-state index is 3.53. The molecule has 0 saturated carbocycles. The molecule has 0 radical (unpaired) electrons. The van der Waals surface area contributed by atoms with Gasteiger partial charge in [0.15, 0.2) is 0 Å². The predicted octanol–water partition coefficient (Wildman–Crippen LogP) is -0.743. The molecule has 0 bridgehead atoms. The zero-order valence-corrected chi connectivity index (χ0v) is 11.7. The molecule has 0 aliphatic rings. The molecule has 0 heterocycles. The Kier molecular flexibility index (Phi) is 12.6. The van der Waals surface area contributed by atoms with E-state index in [-0.39, 0.29) is 12.4 Å². The molecule has 0 aliphatic heterocycles. The Balaban J connectivity index is 0. The Bertz CT molecular complexity index is 125. The summed E-state index contributed by atoms with van der Waals surface area (Å²) in [5.41, 5.74) is 0. The van der Waals surface area contributed by atoms with Crippen LogP contribution in [0.1, 0.15) is 40.0 Å². The number of rotatable bonds is 9. The molecule has 2 nitrogen and oxygen atoms in total. The maximum absolute atomic E-state index is 3.53. The van der Waals surface area contributed by atoms with Crippen LogP contribution in [0.25, 0.3) is 0 Å². The van der Waals surface area contributed by atoms with Crippen LogP contribution in [0.15, 0.2) is 0 Å². The van der Waals surface area contributed by atoms with Crippen molar-refractivity contribution >= 4 is 0 Å². The van der Waals surface area contributed by atoms with Gasteiger partial charge in [0.25, 0.3) is 0 Å². The molecule has 0 aromatic heterocycles. The number of halogens is 1. The van der Waals surface area contributed by atoms with Crippen molar-refractivity contribution in [3.63, 3.8) is 0 Å². The number of hydrogen-bond donors (Lipinski definition) is 1. The standard InChI is InChI=1S/C12H29N2.ClH/c1-5-8-9-10-13-11-12-14(4,6-2)7-3;/h13H,5-12H2,1-4H3;1H/q+1;/p-1. The van der Waals surface area contributed by atoms with Crippen molar-refractivity contribution in [3.8, 4) is 0 Å². The SMILES string of the molecule is CCCCCNCC[N+](C)(CC)CC.[Cl-]. The zero-order valence-electron chi connectivity index (χ0n) is 11.0. The van der Waals surface area contributed by atoms with Gasteiger partial charge in [-0.3, -0.25) is 0 Å². The molecule has 0 aromatic carbocycles. The smallest absolute Gasteiger partial charge is 0.0911 e. The quantitative estimate of drug-likeness (QED) is 0.411. The lowest BCUT2D eigenvalue weighted by Crippen LogP contribution is -3.00. The lowest BCUT2D eigenvalue weighted by molar-refractivity contribution is -0.905. The topological polar surface area (TPSA) is 12.0 Å². The molecule has 0 amide bonds. The third-order valence-corrected chi connectivity index (χ3v) is 3.31. The zero-order chi connectivity index (χ0) is 10.9. The molecule has 0 saturated heterocycles. The average Bonchev–Trinajstić information content (AvgIpc) is 2.23. The summed E-state index contributed by atoms with van der Waals surface area (Å²) < 4.78 is 1.20. The van der Waals surface area contributed by atoms with Crippen LogP contribution in [0.4, 0.5) is 0 Å². The molecule has 0 atom stereocenters. The number of likely N-dealkylation sites (N-methyl/N-ethyl adjacent to an activating group) is 1. The van der Waals surface area contributed by atoms with Crippen LogP contribution >= 0.6 is 0 Å². The van der Waals surface area contributed by atoms with E-state index in [1.54, 1.807) is 0 Å². The summed E-state index contributed by atoms with van der Waals surface area (Å²) in [6.45, 7) is 12.9. The van der Waals surface area contributed by atoms with Crippen LogP contribution in [0.3, 0.4) is 0 Å². The lowest BCUT2D eigenvalue weighted by Gasteiger charge is -2.32. The molecule has 3 heteroatoms. The lowest BCUT2D eigenvalue weighted by atomic mass is 10.2. The second-order valence-corrected chi connectivity index (χ2v) is 4.43. The molecule has 0 unspecified atom stereocenters. The molecule has 15 heavy (non-hydrogen) atoms. The van der Waals surface area contributed by atoms with Crippen molar-refractivity contribution < 1.29 is 16.9 Å². The van der Waals surface area contributed by atoms with E-state index >= 15 is 0 Å². The summed E-state index contributed by atoms with van der Waals surface area (Å²) >= 11 is 0. The van der Waals surface area contributed by atoms with E-state index < -0.39 is 0 Å². The van der Waals surface area contributed by atoms with Gasteiger partial charge in [0.1, 0.15) is 0 Å². The third-order valence-electron chi connectivity index (χ3n) is 3.31. The molecule has 0 aromatic rings. The second-order valence-electron chi connectivity index (χ2n) is 4.43. The molecule has 94 valence electrons. The van der Waals surface area contributed by atoms with E-state index in [0.717, 1.165) is 0 Å². The van der Waals surface area contributed by atoms with Gasteiger partial charge in [-0.05, 0) is 26.8 Å². The highest BCUT2D eigenvalue weighted by atomic mass is 35.5. The fraction of sp³-hybridized carbons (Fsp3) is 1.00. The van der Waals surface area contributed by atoms with Gasteiger partial charge in [-0.1, -0.05) is 19.8 Å². The molecule has 1 N–H and O–H groups in total. The number of quaternary nitrogens is 1. The van der Waals surface area contributed by atoms with E-state index in [2.05, 4.69) is 33.1 Å². The summed E-state index contributed by atoms with van der Waals surface area (Å²) in [6, 6.07) is 0. The first kappa shape index (κ1) is 17.6. The van der Waals surface area contributed by atoms with Crippen LogP contribution < -0.4 is 17.7 Å². The Morgan fingerprint density at radius 2 is 1.53 bits per heavy atom. The van der Waals surface area contributed by atoms with Gasteiger partial charge in [0.2, 0.25) is 0 Å². The molecule has 0 fully saturated rings. The average molecular weight is 237 g/mol. The first-order chi connectivity index (χ1) is 6.68. The first-order valence-electron chi connectivity index (χ1n) is 6.22. The van der Waals surface area contributed by atoms with Crippen LogP contribution in [-0.2, 0) is 0 Å². The molecule has 0 rings (SSSR count). The summed E-state index contributed by atoms with van der Waals surface area (Å²) in [5, 5.41) is 3.53. The van der Waals surface area contributed by atoms with Crippen LogP contribution in [0.2, 0.25) is 0 Å².